The van der Waals surface area contributed by atoms with Gasteiger partial charge in [0.15, 0.2) is 0 Å². The van der Waals surface area contributed by atoms with E-state index >= 15 is 0 Å². The molecule has 0 radical (unpaired) electrons. The molecule has 1 aromatic heterocycles. The minimum atomic E-state index is -0.888. The Morgan fingerprint density at radius 2 is 1.65 bits per heavy atom. The van der Waals surface area contributed by atoms with Crippen molar-refractivity contribution in [2.24, 2.45) is 5.92 Å². The van der Waals surface area contributed by atoms with Gasteiger partial charge in [-0.15, -0.1) is 0 Å². The first-order chi connectivity index (χ1) is 25.3. The molecule has 278 valence electrons. The van der Waals surface area contributed by atoms with Gasteiger partial charge in [0.05, 0.1) is 34.8 Å². The first kappa shape index (κ1) is 37.8. The van der Waals surface area contributed by atoms with E-state index in [4.69, 9.17) is 4.74 Å². The number of carboxylic acid groups (broad SMARTS) is 1. The van der Waals surface area contributed by atoms with Gasteiger partial charge in [-0.05, 0) is 102 Å². The maximum Gasteiger partial charge on any atom is 0.408 e. The van der Waals surface area contributed by atoms with Gasteiger partial charge in [0, 0.05) is 24.5 Å². The van der Waals surface area contributed by atoms with Gasteiger partial charge >= 0.3 is 6.09 Å². The fourth-order valence-corrected chi connectivity index (χ4v) is 8.58. The number of benzene rings is 3. The zero-order valence-corrected chi connectivity index (χ0v) is 31.3. The van der Waals surface area contributed by atoms with Gasteiger partial charge in [-0.25, -0.2) is 4.79 Å². The molecule has 1 amide bonds. The summed E-state index contributed by atoms with van der Waals surface area (Å²) < 4.78 is 7.09. The number of aliphatic hydroxyl groups excluding tert-OH is 1. The molecule has 3 aromatic carbocycles. The molecule has 3 atom stereocenters. The van der Waals surface area contributed by atoms with E-state index < -0.39 is 18.2 Å². The Balaban J connectivity index is 0.924. The van der Waals surface area contributed by atoms with Crippen LogP contribution in [0.4, 0.5) is 4.79 Å². The van der Waals surface area contributed by atoms with Crippen LogP contribution in [0.5, 0.6) is 11.5 Å². The standard InChI is InChI=1S/C41H51BrN4O6/c42-38-32(40(29-12-7-6-8-13-29)46(41(50)51)33-27-45-23-20-28(33)21-24-45)14-11-15-36(38)52-25-10-5-3-1-2-4-9-22-43-26-35(48)30-16-18-34(47)39-31(30)17-19-37(49)44-39/h6-8,11-19,28,33,35,40,43,47-48H,1-5,9-10,20-27H2,(H,44,49)(H,50,51)/t33-,35-,40?/m0/s1. The Morgan fingerprint density at radius 3 is 2.37 bits per heavy atom. The van der Waals surface area contributed by atoms with Crippen LogP contribution in [0.2, 0.25) is 0 Å². The van der Waals surface area contributed by atoms with Crippen molar-refractivity contribution < 1.29 is 24.9 Å². The SMILES string of the molecule is O=C(O)N(C(c1ccccc1)c1cccc(OCCCCCCCCCNC[C@H](O)c2ccc(O)c3[nH]c(=O)ccc23)c1Br)[C@H]1CN2CCC1CC2. The minimum absolute atomic E-state index is 0.0137. The predicted molar refractivity (Wildman–Crippen MR) is 207 cm³/mol. The largest absolute Gasteiger partial charge is 0.506 e. The molecule has 5 N–H and O–H groups in total. The summed E-state index contributed by atoms with van der Waals surface area (Å²) in [6.45, 7) is 4.67. The van der Waals surface area contributed by atoms with Gasteiger partial charge in [-0.3, -0.25) is 9.69 Å². The Labute approximate surface area is 313 Å². The Morgan fingerprint density at radius 1 is 0.923 bits per heavy atom. The molecule has 4 aromatic rings. The summed E-state index contributed by atoms with van der Waals surface area (Å²) in [5.74, 6) is 1.10. The maximum absolute atomic E-state index is 13.0. The number of ether oxygens (including phenoxy) is 1. The van der Waals surface area contributed by atoms with Crippen LogP contribution in [-0.4, -0.2) is 81.6 Å². The number of aromatic amines is 1. The van der Waals surface area contributed by atoms with Gasteiger partial charge in [0.25, 0.3) is 0 Å². The number of H-pyrrole nitrogens is 1. The number of amides is 1. The summed E-state index contributed by atoms with van der Waals surface area (Å²) in [7, 11) is 0. The zero-order valence-electron chi connectivity index (χ0n) is 29.7. The lowest BCUT2D eigenvalue weighted by atomic mass is 9.81. The lowest BCUT2D eigenvalue weighted by Crippen LogP contribution is -2.59. The monoisotopic (exact) mass is 774 g/mol. The first-order valence-electron chi connectivity index (χ1n) is 18.7. The van der Waals surface area contributed by atoms with Crippen LogP contribution < -0.4 is 15.6 Å². The molecular formula is C41H51BrN4O6. The molecule has 0 saturated carbocycles. The van der Waals surface area contributed by atoms with Crippen LogP contribution in [0.3, 0.4) is 0 Å². The second kappa shape index (κ2) is 18.2. The number of nitrogens with zero attached hydrogens (tertiary/aromatic N) is 2. The average molecular weight is 776 g/mol. The number of piperidine rings is 3. The molecule has 7 rings (SSSR count). The van der Waals surface area contributed by atoms with Crippen molar-refractivity contribution in [3.8, 4) is 11.5 Å². The van der Waals surface area contributed by atoms with Crippen molar-refractivity contribution in [1.82, 2.24) is 20.1 Å². The second-order valence-electron chi connectivity index (χ2n) is 14.2. The minimum Gasteiger partial charge on any atom is -0.506 e. The number of rotatable bonds is 18. The molecule has 3 fully saturated rings. The fourth-order valence-electron chi connectivity index (χ4n) is 7.98. The van der Waals surface area contributed by atoms with E-state index in [1.54, 1.807) is 17.0 Å². The van der Waals surface area contributed by atoms with Gasteiger partial charge in [-0.1, -0.05) is 80.6 Å². The Kier molecular flexibility index (Phi) is 13.3. The van der Waals surface area contributed by atoms with Crippen molar-refractivity contribution in [1.29, 1.82) is 0 Å². The topological polar surface area (TPSA) is 138 Å². The summed E-state index contributed by atoms with van der Waals surface area (Å²) in [6.07, 6.45) is 8.02. The van der Waals surface area contributed by atoms with Crippen LogP contribution in [0.15, 0.2) is 82.1 Å². The number of aliphatic hydroxyl groups is 1. The molecule has 3 saturated heterocycles. The van der Waals surface area contributed by atoms with Gasteiger partial charge in [0.2, 0.25) is 5.56 Å². The number of hydrogen-bond acceptors (Lipinski definition) is 7. The number of phenolic OH excluding ortho intramolecular Hbond substituents is 1. The van der Waals surface area contributed by atoms with E-state index in [1.807, 2.05) is 48.5 Å². The predicted octanol–water partition coefficient (Wildman–Crippen LogP) is 7.59. The number of phenols is 1. The quantitative estimate of drug-likeness (QED) is 0.0653. The molecule has 10 nitrogen and oxygen atoms in total. The zero-order chi connectivity index (χ0) is 36.5. The van der Waals surface area contributed by atoms with Crippen molar-refractivity contribution in [2.75, 3.05) is 39.3 Å². The molecule has 4 heterocycles. The molecule has 3 aliphatic rings. The number of pyridine rings is 1. The summed E-state index contributed by atoms with van der Waals surface area (Å²) >= 11 is 3.83. The summed E-state index contributed by atoms with van der Waals surface area (Å²) in [6, 6.07) is 21.6. The van der Waals surface area contributed by atoms with Crippen LogP contribution in [0, 0.1) is 5.92 Å². The number of unbranched alkanes of at least 4 members (excludes halogenated alkanes) is 6. The molecule has 0 aliphatic carbocycles. The lowest BCUT2D eigenvalue weighted by molar-refractivity contribution is -0.000908. The number of carbonyl (C=O) groups is 1. The van der Waals surface area contributed by atoms with E-state index in [9.17, 15) is 24.9 Å². The third kappa shape index (κ3) is 9.17. The molecule has 52 heavy (non-hydrogen) atoms. The van der Waals surface area contributed by atoms with Crippen molar-refractivity contribution in [3.63, 3.8) is 0 Å². The van der Waals surface area contributed by atoms with Crippen LogP contribution in [-0.2, 0) is 0 Å². The second-order valence-corrected chi connectivity index (χ2v) is 15.0. The number of aromatic hydroxyl groups is 1. The Hall–Kier alpha value is -3.90. The summed E-state index contributed by atoms with van der Waals surface area (Å²) in [4.78, 5) is 31.4. The van der Waals surface area contributed by atoms with E-state index in [0.717, 1.165) is 105 Å². The summed E-state index contributed by atoms with van der Waals surface area (Å²) in [5.41, 5.74) is 2.57. The van der Waals surface area contributed by atoms with Crippen molar-refractivity contribution >= 4 is 32.9 Å². The first-order valence-corrected chi connectivity index (χ1v) is 19.5. The lowest BCUT2D eigenvalue weighted by Gasteiger charge is -2.50. The molecule has 2 bridgehead atoms. The molecule has 1 unspecified atom stereocenters. The normalized spacial score (nSPS) is 19.4. The third-order valence-electron chi connectivity index (χ3n) is 10.7. The highest BCUT2D eigenvalue weighted by molar-refractivity contribution is 9.10. The smallest absolute Gasteiger partial charge is 0.408 e. The van der Waals surface area contributed by atoms with Gasteiger partial charge in [-0.2, -0.15) is 0 Å². The molecule has 3 aliphatic heterocycles. The molecule has 0 spiro atoms. The van der Waals surface area contributed by atoms with E-state index in [1.165, 1.54) is 12.1 Å². The van der Waals surface area contributed by atoms with E-state index in [-0.39, 0.29) is 17.4 Å². The molecular weight excluding hydrogens is 724 g/mol. The third-order valence-corrected chi connectivity index (χ3v) is 11.6. The highest BCUT2D eigenvalue weighted by Gasteiger charge is 2.43. The number of aromatic nitrogens is 1. The van der Waals surface area contributed by atoms with Gasteiger partial charge in [0.1, 0.15) is 11.5 Å². The van der Waals surface area contributed by atoms with Crippen molar-refractivity contribution in [2.45, 2.75) is 76.0 Å². The fraction of sp³-hybridized carbons (Fsp3) is 0.463. The van der Waals surface area contributed by atoms with E-state index in [2.05, 4.69) is 31.1 Å². The highest BCUT2D eigenvalue weighted by Crippen LogP contribution is 2.42. The summed E-state index contributed by atoms with van der Waals surface area (Å²) in [5, 5.41) is 35.4. The molecule has 11 heteroatoms. The average Bonchev–Trinajstić information content (AvgIpc) is 3.16. The van der Waals surface area contributed by atoms with E-state index in [0.29, 0.717) is 35.5 Å². The number of halogens is 1. The van der Waals surface area contributed by atoms with Crippen molar-refractivity contribution in [3.05, 3.63) is 104 Å². The number of fused-ring (bicyclic) bond motifs is 4. The van der Waals surface area contributed by atoms with Crippen LogP contribution in [0.1, 0.15) is 86.6 Å². The van der Waals surface area contributed by atoms with Crippen LogP contribution >= 0.6 is 15.9 Å². The van der Waals surface area contributed by atoms with Crippen LogP contribution in [0.25, 0.3) is 10.9 Å². The van der Waals surface area contributed by atoms with Gasteiger partial charge < -0.3 is 35.3 Å². The number of nitrogens with one attached hydrogen (secondary N) is 2. The number of hydrogen-bond donors (Lipinski definition) is 5. The highest BCUT2D eigenvalue weighted by atomic mass is 79.9. The Bertz CT molecular complexity index is 1830. The maximum atomic E-state index is 13.0.